The summed E-state index contributed by atoms with van der Waals surface area (Å²) in [5.74, 6) is 0. The van der Waals surface area contributed by atoms with Gasteiger partial charge in [0.2, 0.25) is 12.7 Å². The monoisotopic (exact) mass is 847 g/mol. The molecule has 62 heavy (non-hydrogen) atoms. The molecule has 2 aromatic carbocycles. The second kappa shape index (κ2) is 21.4. The van der Waals surface area contributed by atoms with Gasteiger partial charge < -0.3 is 17.9 Å². The van der Waals surface area contributed by atoms with Crippen LogP contribution in [0.1, 0.15) is 113 Å². The molecule has 8 heterocycles. The fourth-order valence-corrected chi connectivity index (χ4v) is 11.7. The molecule has 6 aliphatic rings. The van der Waals surface area contributed by atoms with E-state index >= 15 is 0 Å². The Kier molecular flexibility index (Phi) is 15.5. The molecule has 0 atom stereocenters. The molecule has 4 bridgehead atoms. The molecule has 6 aliphatic heterocycles. The van der Waals surface area contributed by atoms with E-state index in [0.717, 1.165) is 26.2 Å². The highest BCUT2D eigenvalue weighted by molar-refractivity contribution is 5.22. The van der Waals surface area contributed by atoms with E-state index < -0.39 is 0 Å². The highest BCUT2D eigenvalue weighted by Gasteiger charge is 2.50. The Balaban J connectivity index is 0.718. The third-order valence-corrected chi connectivity index (χ3v) is 16.3. The molecule has 8 nitrogen and oxygen atoms in total. The van der Waals surface area contributed by atoms with Gasteiger partial charge in [0.05, 0.1) is 26.2 Å². The van der Waals surface area contributed by atoms with E-state index in [4.69, 9.17) is 0 Å². The van der Waals surface area contributed by atoms with E-state index in [0.29, 0.717) is 0 Å². The van der Waals surface area contributed by atoms with Crippen molar-refractivity contribution in [2.45, 2.75) is 130 Å². The first kappa shape index (κ1) is 45.0. The fourth-order valence-electron chi connectivity index (χ4n) is 11.7. The molecule has 0 spiro atoms. The molecule has 0 N–H and O–H groups in total. The molecule has 0 amide bonds. The first-order valence-corrected chi connectivity index (χ1v) is 25.7. The highest BCUT2D eigenvalue weighted by atomic mass is 15.5. The average Bonchev–Trinajstić information content (AvgIpc) is 3.96. The van der Waals surface area contributed by atoms with Crippen molar-refractivity contribution in [2.24, 2.45) is 0 Å². The fraction of sp³-hybridized carbons (Fsp3) is 0.630. The number of fused-ring (bicyclic) bond motifs is 6. The number of aryl methyl sites for hydroxylation is 2. The van der Waals surface area contributed by atoms with Crippen molar-refractivity contribution in [3.8, 4) is 0 Å². The Bertz CT molecular complexity index is 1780. The van der Waals surface area contributed by atoms with Gasteiger partial charge in [0, 0.05) is 11.1 Å². The quantitative estimate of drug-likeness (QED) is 0.0263. The van der Waals surface area contributed by atoms with Crippen LogP contribution in [0.3, 0.4) is 0 Å². The maximum atomic E-state index is 2.60. The van der Waals surface area contributed by atoms with E-state index in [-0.39, 0.29) is 0 Å². The van der Waals surface area contributed by atoms with Crippen LogP contribution in [-0.4, -0.2) is 119 Å². The Labute approximate surface area is 377 Å². The van der Waals surface area contributed by atoms with Crippen molar-refractivity contribution in [1.29, 1.82) is 0 Å². The summed E-state index contributed by atoms with van der Waals surface area (Å²) in [7, 11) is 0. The van der Waals surface area contributed by atoms with Crippen LogP contribution < -0.4 is 9.13 Å². The van der Waals surface area contributed by atoms with Gasteiger partial charge >= 0.3 is 0 Å². The summed E-state index contributed by atoms with van der Waals surface area (Å²) < 4.78 is 14.7. The summed E-state index contributed by atoms with van der Waals surface area (Å²) in [4.78, 5) is 0. The largest absolute Gasteiger partial charge is 0.306 e. The number of hydrogen-bond donors (Lipinski definition) is 0. The zero-order valence-corrected chi connectivity index (χ0v) is 39.4. The molecule has 6 saturated heterocycles. The van der Waals surface area contributed by atoms with E-state index in [1.54, 1.807) is 0 Å². The number of aromatic nitrogens is 4. The van der Waals surface area contributed by atoms with E-state index in [1.165, 1.54) is 222 Å². The van der Waals surface area contributed by atoms with Crippen LogP contribution in [0.2, 0.25) is 0 Å². The number of unbranched alkanes of at least 4 members (excludes halogenated alkanes) is 10. The van der Waals surface area contributed by atoms with Crippen LogP contribution in [-0.2, 0) is 39.3 Å². The molecular weight excluding hydrogens is 761 g/mol. The molecule has 8 heteroatoms. The zero-order valence-electron chi connectivity index (χ0n) is 39.4. The Hall–Kier alpha value is -3.56. The smallest absolute Gasteiger partial charge is 0.244 e. The molecule has 0 saturated carbocycles. The maximum absolute atomic E-state index is 2.60. The maximum Gasteiger partial charge on any atom is 0.244 e. The number of piperazine rings is 6. The lowest BCUT2D eigenvalue weighted by Crippen LogP contribution is -2.74. The van der Waals surface area contributed by atoms with Gasteiger partial charge in [0.25, 0.3) is 0 Å². The van der Waals surface area contributed by atoms with Crippen LogP contribution in [0.25, 0.3) is 0 Å². The van der Waals surface area contributed by atoms with E-state index in [9.17, 15) is 0 Å². The van der Waals surface area contributed by atoms with E-state index in [1.807, 2.05) is 0 Å². The topological polar surface area (TPSA) is 17.6 Å². The summed E-state index contributed by atoms with van der Waals surface area (Å²) in [6.07, 6.45) is 35.1. The predicted molar refractivity (Wildman–Crippen MR) is 253 cm³/mol. The molecule has 0 radical (unpaired) electrons. The summed E-state index contributed by atoms with van der Waals surface area (Å²) in [5, 5.41) is 0. The van der Waals surface area contributed by atoms with Crippen molar-refractivity contribution in [1.82, 2.24) is 9.13 Å². The summed E-state index contributed by atoms with van der Waals surface area (Å²) in [6.45, 7) is 29.8. The average molecular weight is 847 g/mol. The van der Waals surface area contributed by atoms with Gasteiger partial charge in [-0.2, -0.15) is 0 Å². The van der Waals surface area contributed by atoms with Crippen LogP contribution in [0.4, 0.5) is 0 Å². The number of benzene rings is 2. The minimum atomic E-state index is 0.960. The molecule has 336 valence electrons. The summed E-state index contributed by atoms with van der Waals surface area (Å²) in [5.41, 5.74) is 5.86. The minimum Gasteiger partial charge on any atom is -0.306 e. The first-order chi connectivity index (χ1) is 30.4. The summed E-state index contributed by atoms with van der Waals surface area (Å²) in [6, 6.07) is 19.2. The number of nitrogens with zero attached hydrogens (tertiary/aromatic N) is 8. The highest BCUT2D eigenvalue weighted by Crippen LogP contribution is 2.31. The van der Waals surface area contributed by atoms with Crippen LogP contribution in [0.5, 0.6) is 0 Å². The van der Waals surface area contributed by atoms with Crippen molar-refractivity contribution >= 4 is 0 Å². The second-order valence-electron chi connectivity index (χ2n) is 21.0. The normalized spacial score (nSPS) is 25.6. The van der Waals surface area contributed by atoms with Gasteiger partial charge in [-0.25, -0.2) is 18.3 Å². The predicted octanol–water partition coefficient (Wildman–Crippen LogP) is 8.26. The second-order valence-corrected chi connectivity index (χ2v) is 21.0. The van der Waals surface area contributed by atoms with Gasteiger partial charge in [-0.3, -0.25) is 0 Å². The van der Waals surface area contributed by atoms with Gasteiger partial charge in [-0.15, -0.1) is 0 Å². The lowest BCUT2D eigenvalue weighted by molar-refractivity contribution is -1.08. The SMILES string of the molecule is CCCCCCCCn1cc[n+](Cc2ccc(C[N+]34CC[N+](C/C=C/C[N+]56CC[N+](Cc7ccc(C[n+]8ccn(CCCCCCCC)c8)cc7)(CC5)CC6)(CC3)CC4)cc2)c1. The van der Waals surface area contributed by atoms with Gasteiger partial charge in [0.1, 0.15) is 130 Å². The third kappa shape index (κ3) is 12.2. The standard InChI is InChI=1S/C54H86N8/c1-3-5-7-9-11-13-25-55-27-29-57(49-55)45-51-17-21-53(22-18-51)47-61-39-33-59(34-40-61,35-41-61)31-15-16-32-60-36-42-62(43-37-60,44-38-60)48-54-23-19-52(20-24-54)46-58-30-28-56(50-58)26-14-12-10-8-6-4-2/h15-24,27-30,49-50H,3-14,25-26,31-48H2,1-2H3/q+6/b16-15+. The lowest BCUT2D eigenvalue weighted by Gasteiger charge is -2.55. The third-order valence-electron chi connectivity index (χ3n) is 16.3. The lowest BCUT2D eigenvalue weighted by atomic mass is 10.0. The number of rotatable bonds is 26. The van der Waals surface area contributed by atoms with Crippen molar-refractivity contribution in [3.63, 3.8) is 0 Å². The number of quaternary nitrogens is 4. The van der Waals surface area contributed by atoms with Crippen LogP contribution in [0.15, 0.2) is 98.1 Å². The van der Waals surface area contributed by atoms with Crippen LogP contribution >= 0.6 is 0 Å². The molecule has 0 aliphatic carbocycles. The minimum absolute atomic E-state index is 0.960. The molecule has 0 unspecified atom stereocenters. The molecular formula is C54H86N8+6. The van der Waals surface area contributed by atoms with Crippen molar-refractivity contribution in [3.05, 3.63) is 120 Å². The van der Waals surface area contributed by atoms with Crippen molar-refractivity contribution in [2.75, 3.05) is 91.6 Å². The summed E-state index contributed by atoms with van der Waals surface area (Å²) >= 11 is 0. The van der Waals surface area contributed by atoms with Gasteiger partial charge in [-0.1, -0.05) is 114 Å². The van der Waals surface area contributed by atoms with Gasteiger partial charge in [0.15, 0.2) is 0 Å². The first-order valence-electron chi connectivity index (χ1n) is 25.7. The number of imidazole rings is 2. The van der Waals surface area contributed by atoms with Crippen molar-refractivity contribution < 1.29 is 27.1 Å². The molecule has 2 aromatic heterocycles. The molecule has 10 rings (SSSR count). The van der Waals surface area contributed by atoms with Gasteiger partial charge in [-0.05, 0) is 49.0 Å². The molecule has 6 fully saturated rings. The Morgan fingerprint density at radius 3 is 1.11 bits per heavy atom. The van der Waals surface area contributed by atoms with Crippen LogP contribution in [0, 0.1) is 0 Å². The zero-order chi connectivity index (χ0) is 42.6. The molecule has 4 aromatic rings. The number of hydrogen-bond acceptors (Lipinski definition) is 0. The van der Waals surface area contributed by atoms with E-state index in [2.05, 4.69) is 130 Å². The Morgan fingerprint density at radius 2 is 0.742 bits per heavy atom. The Morgan fingerprint density at radius 1 is 0.419 bits per heavy atom.